The van der Waals surface area contributed by atoms with Crippen LogP contribution in [0.1, 0.15) is 23.0 Å². The molecule has 0 radical (unpaired) electrons. The number of alkyl carbamates (subject to hydrolysis) is 1. The van der Waals surface area contributed by atoms with Crippen LogP contribution in [0.5, 0.6) is 5.75 Å². The van der Waals surface area contributed by atoms with Gasteiger partial charge in [0.2, 0.25) is 0 Å². The maximum absolute atomic E-state index is 12.2. The van der Waals surface area contributed by atoms with Crippen LogP contribution >= 0.6 is 0 Å². The van der Waals surface area contributed by atoms with Crippen molar-refractivity contribution < 1.29 is 14.3 Å². The molecule has 8 nitrogen and oxygen atoms in total. The smallest absolute Gasteiger partial charge is 0.408 e. The van der Waals surface area contributed by atoms with Crippen molar-refractivity contribution >= 4 is 6.09 Å². The largest absolute Gasteiger partial charge is 0.497 e. The van der Waals surface area contributed by atoms with Gasteiger partial charge in [0, 0.05) is 6.42 Å². The van der Waals surface area contributed by atoms with E-state index in [1.165, 1.54) is 0 Å². The first-order chi connectivity index (χ1) is 12.7. The van der Waals surface area contributed by atoms with E-state index in [1.54, 1.807) is 7.11 Å². The van der Waals surface area contributed by atoms with E-state index in [1.807, 2.05) is 54.6 Å². The van der Waals surface area contributed by atoms with Gasteiger partial charge < -0.3 is 14.8 Å². The molecule has 0 spiro atoms. The van der Waals surface area contributed by atoms with Crippen LogP contribution in [0, 0.1) is 0 Å². The Labute approximate surface area is 150 Å². The molecule has 0 aliphatic heterocycles. The van der Waals surface area contributed by atoms with Crippen LogP contribution in [0.2, 0.25) is 0 Å². The average Bonchev–Trinajstić information content (AvgIpc) is 3.22. The number of nitrogens with one attached hydrogen (secondary N) is 2. The highest BCUT2D eigenvalue weighted by Crippen LogP contribution is 2.18. The molecule has 0 saturated heterocycles. The van der Waals surface area contributed by atoms with Gasteiger partial charge in [-0.25, -0.2) is 4.79 Å². The van der Waals surface area contributed by atoms with Gasteiger partial charge in [0.1, 0.15) is 18.4 Å². The average molecular weight is 353 g/mol. The molecule has 2 N–H and O–H groups in total. The number of ether oxygens (including phenoxy) is 2. The number of tetrazole rings is 1. The van der Waals surface area contributed by atoms with E-state index in [4.69, 9.17) is 9.47 Å². The minimum absolute atomic E-state index is 0.189. The van der Waals surface area contributed by atoms with Crippen molar-refractivity contribution in [2.75, 3.05) is 7.11 Å². The number of hydrogen-bond donors (Lipinski definition) is 2. The van der Waals surface area contributed by atoms with E-state index in [0.717, 1.165) is 16.9 Å². The summed E-state index contributed by atoms with van der Waals surface area (Å²) in [6.07, 6.45) is -0.0542. The van der Waals surface area contributed by atoms with Crippen LogP contribution in [-0.4, -0.2) is 33.8 Å². The fraction of sp³-hybridized carbons (Fsp3) is 0.222. The van der Waals surface area contributed by atoms with E-state index in [0.29, 0.717) is 12.2 Å². The Morgan fingerprint density at radius 1 is 1.12 bits per heavy atom. The Morgan fingerprint density at radius 2 is 1.88 bits per heavy atom. The molecule has 3 rings (SSSR count). The SMILES string of the molecule is COc1ccc(C[C@H](NC(=O)OCc2ccccc2)c2nn[nH]n2)cc1. The third-order valence-electron chi connectivity index (χ3n) is 3.78. The molecule has 2 aromatic carbocycles. The van der Waals surface area contributed by atoms with Gasteiger partial charge in [-0.3, -0.25) is 0 Å². The monoisotopic (exact) mass is 353 g/mol. The van der Waals surface area contributed by atoms with E-state index in [-0.39, 0.29) is 6.61 Å². The minimum atomic E-state index is -0.544. The number of benzene rings is 2. The second kappa shape index (κ2) is 8.61. The summed E-state index contributed by atoms with van der Waals surface area (Å²) in [6, 6.07) is 16.6. The number of hydrogen-bond acceptors (Lipinski definition) is 6. The van der Waals surface area contributed by atoms with Crippen molar-refractivity contribution in [2.45, 2.75) is 19.1 Å². The molecule has 0 saturated carbocycles. The normalized spacial score (nSPS) is 11.6. The van der Waals surface area contributed by atoms with Crippen molar-refractivity contribution in [3.63, 3.8) is 0 Å². The molecule has 1 aromatic heterocycles. The van der Waals surface area contributed by atoms with Crippen LogP contribution in [0.25, 0.3) is 0 Å². The molecule has 1 atom stereocenters. The Morgan fingerprint density at radius 3 is 2.54 bits per heavy atom. The molecule has 0 fully saturated rings. The summed E-state index contributed by atoms with van der Waals surface area (Å²) < 4.78 is 10.4. The Hall–Kier alpha value is -3.42. The predicted octanol–water partition coefficient (Wildman–Crippen LogP) is 2.42. The van der Waals surface area contributed by atoms with Gasteiger partial charge >= 0.3 is 6.09 Å². The van der Waals surface area contributed by atoms with E-state index >= 15 is 0 Å². The summed E-state index contributed by atoms with van der Waals surface area (Å²) in [7, 11) is 1.61. The second-order valence-corrected chi connectivity index (χ2v) is 5.58. The van der Waals surface area contributed by atoms with Crippen LogP contribution in [0.3, 0.4) is 0 Å². The number of H-pyrrole nitrogens is 1. The summed E-state index contributed by atoms with van der Waals surface area (Å²) >= 11 is 0. The molecule has 0 bridgehead atoms. The van der Waals surface area contributed by atoms with Crippen molar-refractivity contribution in [3.05, 3.63) is 71.5 Å². The van der Waals surface area contributed by atoms with Crippen LogP contribution in [0.15, 0.2) is 54.6 Å². The number of nitrogens with zero attached hydrogens (tertiary/aromatic N) is 3. The zero-order valence-electron chi connectivity index (χ0n) is 14.3. The topological polar surface area (TPSA) is 102 Å². The summed E-state index contributed by atoms with van der Waals surface area (Å²) in [5, 5.41) is 16.7. The molecule has 134 valence electrons. The number of amides is 1. The molecule has 0 aliphatic carbocycles. The zero-order valence-corrected chi connectivity index (χ0v) is 14.3. The maximum atomic E-state index is 12.2. The fourth-order valence-corrected chi connectivity index (χ4v) is 2.43. The van der Waals surface area contributed by atoms with Crippen LogP contribution in [-0.2, 0) is 17.8 Å². The molecule has 8 heteroatoms. The standard InChI is InChI=1S/C18H19N5O3/c1-25-15-9-7-13(8-10-15)11-16(17-20-22-23-21-17)19-18(24)26-12-14-5-3-2-4-6-14/h2-10,16H,11-12H2,1H3,(H,19,24)(H,20,21,22,23)/t16-/m0/s1. The number of carbonyl (C=O) groups is 1. The molecule has 1 heterocycles. The van der Waals surface area contributed by atoms with Gasteiger partial charge in [-0.2, -0.15) is 5.21 Å². The van der Waals surface area contributed by atoms with E-state index in [9.17, 15) is 4.79 Å². The van der Waals surface area contributed by atoms with Crippen molar-refractivity contribution in [3.8, 4) is 5.75 Å². The molecular formula is C18H19N5O3. The molecule has 0 unspecified atom stereocenters. The Balaban J connectivity index is 1.63. The number of carbonyl (C=O) groups excluding carboxylic acids is 1. The van der Waals surface area contributed by atoms with Gasteiger partial charge in [-0.15, -0.1) is 10.2 Å². The lowest BCUT2D eigenvalue weighted by Crippen LogP contribution is -2.31. The lowest BCUT2D eigenvalue weighted by Gasteiger charge is -2.16. The first-order valence-electron chi connectivity index (χ1n) is 8.08. The van der Waals surface area contributed by atoms with Crippen LogP contribution < -0.4 is 10.1 Å². The lowest BCUT2D eigenvalue weighted by molar-refractivity contribution is 0.135. The van der Waals surface area contributed by atoms with Gasteiger partial charge in [-0.05, 0) is 23.3 Å². The number of aromatic nitrogens is 4. The van der Waals surface area contributed by atoms with Crippen LogP contribution in [0.4, 0.5) is 4.79 Å². The second-order valence-electron chi connectivity index (χ2n) is 5.58. The minimum Gasteiger partial charge on any atom is -0.497 e. The highest BCUT2D eigenvalue weighted by molar-refractivity contribution is 5.67. The predicted molar refractivity (Wildman–Crippen MR) is 93.4 cm³/mol. The first-order valence-corrected chi connectivity index (χ1v) is 8.08. The molecular weight excluding hydrogens is 334 g/mol. The third-order valence-corrected chi connectivity index (χ3v) is 3.78. The van der Waals surface area contributed by atoms with Crippen molar-refractivity contribution in [1.82, 2.24) is 25.9 Å². The summed E-state index contributed by atoms with van der Waals surface area (Å²) in [5.41, 5.74) is 1.90. The van der Waals surface area contributed by atoms with Crippen molar-refractivity contribution in [2.24, 2.45) is 0 Å². The quantitative estimate of drug-likeness (QED) is 0.676. The highest BCUT2D eigenvalue weighted by atomic mass is 16.5. The van der Waals surface area contributed by atoms with Gasteiger partial charge in [0.25, 0.3) is 0 Å². The van der Waals surface area contributed by atoms with Gasteiger partial charge in [-0.1, -0.05) is 47.7 Å². The third kappa shape index (κ3) is 4.79. The molecule has 1 amide bonds. The number of aromatic amines is 1. The van der Waals surface area contributed by atoms with Crippen molar-refractivity contribution in [1.29, 1.82) is 0 Å². The highest BCUT2D eigenvalue weighted by Gasteiger charge is 2.20. The number of rotatable bonds is 7. The maximum Gasteiger partial charge on any atom is 0.408 e. The Kier molecular flexibility index (Phi) is 5.76. The summed E-state index contributed by atoms with van der Waals surface area (Å²) in [5.74, 6) is 1.15. The van der Waals surface area contributed by atoms with Gasteiger partial charge in [0.15, 0.2) is 5.82 Å². The summed E-state index contributed by atoms with van der Waals surface area (Å²) in [6.45, 7) is 0.189. The summed E-state index contributed by atoms with van der Waals surface area (Å²) in [4.78, 5) is 12.2. The fourth-order valence-electron chi connectivity index (χ4n) is 2.43. The molecule has 0 aliphatic rings. The Bertz CT molecular complexity index is 807. The van der Waals surface area contributed by atoms with Gasteiger partial charge in [0.05, 0.1) is 7.11 Å². The zero-order chi connectivity index (χ0) is 18.2. The first kappa shape index (κ1) is 17.4. The lowest BCUT2D eigenvalue weighted by atomic mass is 10.1. The molecule has 3 aromatic rings. The van der Waals surface area contributed by atoms with E-state index in [2.05, 4.69) is 25.9 Å². The molecule has 26 heavy (non-hydrogen) atoms. The van der Waals surface area contributed by atoms with E-state index < -0.39 is 12.1 Å². The number of methoxy groups -OCH3 is 1.